The minimum absolute atomic E-state index is 0.155. The summed E-state index contributed by atoms with van der Waals surface area (Å²) < 4.78 is 12.6. The van der Waals surface area contributed by atoms with Crippen molar-refractivity contribution in [2.24, 2.45) is 0 Å². The van der Waals surface area contributed by atoms with Gasteiger partial charge in [0, 0.05) is 61.6 Å². The van der Waals surface area contributed by atoms with Gasteiger partial charge in [-0.1, -0.05) is 0 Å². The van der Waals surface area contributed by atoms with Gasteiger partial charge in [0.15, 0.2) is 0 Å². The van der Waals surface area contributed by atoms with Gasteiger partial charge in [-0.15, -0.1) is 0 Å². The molecule has 12 heteroatoms. The number of carbonyl (C=O) groups is 1. The van der Waals surface area contributed by atoms with E-state index in [0.29, 0.717) is 42.7 Å². The zero-order valence-corrected chi connectivity index (χ0v) is 22.5. The maximum absolute atomic E-state index is 13.0. The van der Waals surface area contributed by atoms with Crippen molar-refractivity contribution >= 4 is 22.8 Å². The average Bonchev–Trinajstić information content (AvgIpc) is 3.65. The maximum Gasteiger partial charge on any atom is 0.321 e. The van der Waals surface area contributed by atoms with Crippen LogP contribution in [0.25, 0.3) is 22.3 Å². The molecule has 0 spiro atoms. The van der Waals surface area contributed by atoms with Crippen molar-refractivity contribution in [3.05, 3.63) is 49.2 Å². The topological polar surface area (TPSA) is 137 Å². The van der Waals surface area contributed by atoms with Crippen molar-refractivity contribution in [1.29, 1.82) is 5.26 Å². The first-order chi connectivity index (χ1) is 19.5. The van der Waals surface area contributed by atoms with E-state index in [0.717, 1.165) is 48.2 Å². The first-order valence-corrected chi connectivity index (χ1v) is 13.3. The number of piperidine rings is 1. The van der Waals surface area contributed by atoms with Gasteiger partial charge < -0.3 is 24.7 Å². The smallest absolute Gasteiger partial charge is 0.321 e. The van der Waals surface area contributed by atoms with E-state index in [1.165, 1.54) is 0 Å². The van der Waals surface area contributed by atoms with Crippen LogP contribution < -0.4 is 14.8 Å². The van der Waals surface area contributed by atoms with Crippen LogP contribution in [0.5, 0.6) is 11.5 Å². The number of methoxy groups -OCH3 is 2. The molecule has 0 atom stereocenters. The Labute approximate surface area is 231 Å². The summed E-state index contributed by atoms with van der Waals surface area (Å²) in [4.78, 5) is 29.1. The predicted molar refractivity (Wildman–Crippen MR) is 148 cm³/mol. The van der Waals surface area contributed by atoms with E-state index in [4.69, 9.17) is 9.47 Å². The third-order valence-corrected chi connectivity index (χ3v) is 8.02. The number of carbonyl (C=O) groups excluding carboxylic acids is 1. The van der Waals surface area contributed by atoms with Gasteiger partial charge >= 0.3 is 6.03 Å². The lowest BCUT2D eigenvalue weighted by Crippen LogP contribution is -2.66. The van der Waals surface area contributed by atoms with Crippen LogP contribution in [-0.4, -0.2) is 87.0 Å². The summed E-state index contributed by atoms with van der Waals surface area (Å²) in [6.07, 6.45) is 9.29. The second kappa shape index (κ2) is 10.5. The molecule has 2 aliphatic rings. The molecular weight excluding hydrogens is 510 g/mol. The Hall–Kier alpha value is -4.63. The van der Waals surface area contributed by atoms with E-state index >= 15 is 0 Å². The standard InChI is InChI=1S/C28H31N9O3/c1-39-21-3-4-24(40-2)23(13-21)34-27(38)35-11-6-20(7-12-35)36-16-28(17-36,8-9-29)37-15-19(14-33-37)25-22-5-10-30-26(22)32-18-31-25/h3-5,10,13-15,18,20H,6-8,11-12,16-17H2,1-2H3,(H,34,38)(H,30,31,32). The Kier molecular flexibility index (Phi) is 6.73. The SMILES string of the molecule is COc1ccc(OC)c(NC(=O)N2CCC(N3CC(CC#N)(n4cc(-c5ncnc6[nH]ccc56)cn4)C3)CC2)c1. The van der Waals surface area contributed by atoms with E-state index in [9.17, 15) is 10.1 Å². The first kappa shape index (κ1) is 25.6. The molecule has 4 aromatic rings. The number of nitrogens with zero attached hydrogens (tertiary/aromatic N) is 7. The Balaban J connectivity index is 1.08. The summed E-state index contributed by atoms with van der Waals surface area (Å²) >= 11 is 0. The van der Waals surface area contributed by atoms with Crippen molar-refractivity contribution in [3.63, 3.8) is 0 Å². The number of nitriles is 1. The number of nitrogens with one attached hydrogen (secondary N) is 2. The number of rotatable bonds is 7. The molecule has 2 amide bonds. The van der Waals surface area contributed by atoms with Crippen LogP contribution in [0, 0.1) is 11.3 Å². The highest BCUT2D eigenvalue weighted by Crippen LogP contribution is 2.37. The van der Waals surface area contributed by atoms with Crippen LogP contribution in [0.1, 0.15) is 19.3 Å². The molecule has 0 unspecified atom stereocenters. The summed E-state index contributed by atoms with van der Waals surface area (Å²) in [6.45, 7) is 2.78. The zero-order valence-electron chi connectivity index (χ0n) is 22.5. The number of fused-ring (bicyclic) bond motifs is 1. The van der Waals surface area contributed by atoms with Crippen LogP contribution in [0.15, 0.2) is 49.2 Å². The van der Waals surface area contributed by atoms with Gasteiger partial charge in [0.1, 0.15) is 29.0 Å². The van der Waals surface area contributed by atoms with Crippen molar-refractivity contribution in [2.45, 2.75) is 30.8 Å². The van der Waals surface area contributed by atoms with Crippen LogP contribution in [0.4, 0.5) is 10.5 Å². The van der Waals surface area contributed by atoms with E-state index in [1.807, 2.05) is 34.2 Å². The van der Waals surface area contributed by atoms with Gasteiger partial charge in [0.25, 0.3) is 0 Å². The number of likely N-dealkylation sites (tertiary alicyclic amines) is 2. The minimum atomic E-state index is -0.380. The fraction of sp³-hybridized carbons (Fsp3) is 0.393. The number of H-pyrrole nitrogens is 1. The molecule has 0 radical (unpaired) electrons. The minimum Gasteiger partial charge on any atom is -0.497 e. The molecule has 3 aromatic heterocycles. The number of aromatic amines is 1. The summed E-state index contributed by atoms with van der Waals surface area (Å²) in [7, 11) is 3.16. The predicted octanol–water partition coefficient (Wildman–Crippen LogP) is 3.46. The summed E-state index contributed by atoms with van der Waals surface area (Å²) in [5.74, 6) is 1.23. The molecule has 5 heterocycles. The van der Waals surface area contributed by atoms with Crippen molar-refractivity contribution in [1.82, 2.24) is 34.5 Å². The number of benzene rings is 1. The molecule has 40 heavy (non-hydrogen) atoms. The Morgan fingerprint density at radius 1 is 1.20 bits per heavy atom. The molecule has 206 valence electrons. The lowest BCUT2D eigenvalue weighted by atomic mass is 9.84. The Bertz CT molecular complexity index is 1560. The van der Waals surface area contributed by atoms with Crippen LogP contribution in [0.3, 0.4) is 0 Å². The average molecular weight is 542 g/mol. The zero-order chi connectivity index (χ0) is 27.7. The van der Waals surface area contributed by atoms with Gasteiger partial charge in [-0.3, -0.25) is 9.58 Å². The van der Waals surface area contributed by atoms with Crippen molar-refractivity contribution < 1.29 is 14.3 Å². The number of ether oxygens (including phenoxy) is 2. The van der Waals surface area contributed by atoms with Gasteiger partial charge in [-0.25, -0.2) is 14.8 Å². The normalized spacial score (nSPS) is 17.3. The van der Waals surface area contributed by atoms with Crippen LogP contribution >= 0.6 is 0 Å². The Morgan fingerprint density at radius 2 is 2.02 bits per heavy atom. The number of urea groups is 1. The lowest BCUT2D eigenvalue weighted by molar-refractivity contribution is -0.0399. The molecule has 12 nitrogen and oxygen atoms in total. The molecule has 1 aromatic carbocycles. The fourth-order valence-electron chi connectivity index (χ4n) is 5.80. The lowest BCUT2D eigenvalue weighted by Gasteiger charge is -2.53. The van der Waals surface area contributed by atoms with Gasteiger partial charge in [0.2, 0.25) is 0 Å². The first-order valence-electron chi connectivity index (χ1n) is 13.3. The van der Waals surface area contributed by atoms with Gasteiger partial charge in [0.05, 0.1) is 44.3 Å². The van der Waals surface area contributed by atoms with Gasteiger partial charge in [-0.05, 0) is 31.0 Å². The molecule has 2 N–H and O–H groups in total. The van der Waals surface area contributed by atoms with E-state index in [1.54, 1.807) is 38.7 Å². The summed E-state index contributed by atoms with van der Waals surface area (Å²) in [6, 6.07) is 9.84. The third-order valence-electron chi connectivity index (χ3n) is 8.02. The summed E-state index contributed by atoms with van der Waals surface area (Å²) in [5, 5.41) is 18.2. The summed E-state index contributed by atoms with van der Waals surface area (Å²) in [5.41, 5.74) is 2.69. The molecular formula is C28H31N9O3. The fourth-order valence-corrected chi connectivity index (χ4v) is 5.80. The van der Waals surface area contributed by atoms with Crippen LogP contribution in [0.2, 0.25) is 0 Å². The van der Waals surface area contributed by atoms with Gasteiger partial charge in [-0.2, -0.15) is 10.4 Å². The number of aromatic nitrogens is 5. The molecule has 2 aliphatic heterocycles. The quantitative estimate of drug-likeness (QED) is 0.363. The highest BCUT2D eigenvalue weighted by atomic mass is 16.5. The maximum atomic E-state index is 13.0. The van der Waals surface area contributed by atoms with Crippen LogP contribution in [-0.2, 0) is 5.54 Å². The second-order valence-corrected chi connectivity index (χ2v) is 10.3. The van der Waals surface area contributed by atoms with E-state index < -0.39 is 0 Å². The number of amides is 2. The largest absolute Gasteiger partial charge is 0.497 e. The molecule has 0 saturated carbocycles. The van der Waals surface area contributed by atoms with Crippen molar-refractivity contribution in [3.8, 4) is 28.8 Å². The van der Waals surface area contributed by atoms with Crippen molar-refractivity contribution in [2.75, 3.05) is 45.7 Å². The number of hydrogen-bond acceptors (Lipinski definition) is 8. The molecule has 2 fully saturated rings. The second-order valence-electron chi connectivity index (χ2n) is 10.3. The molecule has 0 aliphatic carbocycles. The highest BCUT2D eigenvalue weighted by molar-refractivity contribution is 5.91. The number of hydrogen-bond donors (Lipinski definition) is 2. The third kappa shape index (κ3) is 4.58. The molecule has 0 bridgehead atoms. The molecule has 2 saturated heterocycles. The number of anilines is 1. The monoisotopic (exact) mass is 541 g/mol. The molecule has 6 rings (SSSR count). The van der Waals surface area contributed by atoms with E-state index in [-0.39, 0.29) is 11.6 Å². The van der Waals surface area contributed by atoms with E-state index in [2.05, 4.69) is 36.3 Å². The Morgan fingerprint density at radius 3 is 2.77 bits per heavy atom. The highest BCUT2D eigenvalue weighted by Gasteiger charge is 2.48.